The summed E-state index contributed by atoms with van der Waals surface area (Å²) in [4.78, 5) is 28.3. The number of nitrogens with zero attached hydrogens (tertiary/aromatic N) is 1. The number of amides is 2. The first-order valence-electron chi connectivity index (χ1n) is 12.3. The van der Waals surface area contributed by atoms with Crippen LogP contribution in [0.15, 0.2) is 48.5 Å². The third kappa shape index (κ3) is 7.32. The fourth-order valence-electron chi connectivity index (χ4n) is 4.51. The maximum absolute atomic E-state index is 13.5. The lowest BCUT2D eigenvalue weighted by atomic mass is 9.86. The fraction of sp³-hybridized carbons (Fsp3) is 0.500. The lowest BCUT2D eigenvalue weighted by Gasteiger charge is -2.35. The molecule has 184 valence electrons. The van der Waals surface area contributed by atoms with Crippen LogP contribution in [0.1, 0.15) is 57.1 Å². The molecule has 0 atom stereocenters. The highest BCUT2D eigenvalue weighted by Crippen LogP contribution is 2.29. The molecule has 3 rings (SSSR count). The van der Waals surface area contributed by atoms with Gasteiger partial charge in [-0.3, -0.25) is 9.59 Å². The van der Waals surface area contributed by atoms with Crippen molar-refractivity contribution in [1.82, 2.24) is 4.90 Å². The number of ether oxygens (including phenoxy) is 1. The van der Waals surface area contributed by atoms with E-state index in [1.54, 1.807) is 7.11 Å². The van der Waals surface area contributed by atoms with Crippen molar-refractivity contribution in [2.24, 2.45) is 17.1 Å². The summed E-state index contributed by atoms with van der Waals surface area (Å²) in [6.07, 6.45) is 5.62. The molecule has 1 fully saturated rings. The van der Waals surface area contributed by atoms with Crippen molar-refractivity contribution in [3.8, 4) is 5.75 Å². The van der Waals surface area contributed by atoms with Crippen LogP contribution >= 0.6 is 0 Å². The third-order valence-corrected chi connectivity index (χ3v) is 6.61. The minimum atomic E-state index is -0.184. The normalized spacial score (nSPS) is 14.5. The molecular weight excluding hydrogens is 426 g/mol. The Morgan fingerprint density at radius 3 is 2.38 bits per heavy atom. The number of para-hydroxylation sites is 1. The molecule has 2 aromatic rings. The zero-order valence-corrected chi connectivity index (χ0v) is 20.8. The molecule has 6 nitrogen and oxygen atoms in total. The first-order valence-corrected chi connectivity index (χ1v) is 12.3. The molecular formula is C28H39N3O3. The van der Waals surface area contributed by atoms with Gasteiger partial charge < -0.3 is 20.7 Å². The third-order valence-electron chi connectivity index (χ3n) is 6.61. The van der Waals surface area contributed by atoms with Crippen molar-refractivity contribution in [2.45, 2.75) is 58.9 Å². The van der Waals surface area contributed by atoms with Crippen LogP contribution in [0.3, 0.4) is 0 Å². The van der Waals surface area contributed by atoms with E-state index in [-0.39, 0.29) is 29.6 Å². The molecule has 34 heavy (non-hydrogen) atoms. The maximum atomic E-state index is 13.5. The average Bonchev–Trinajstić information content (AvgIpc) is 2.85. The minimum Gasteiger partial charge on any atom is -0.497 e. The first-order chi connectivity index (χ1) is 16.3. The smallest absolute Gasteiger partial charge is 0.228 e. The molecule has 0 radical (unpaired) electrons. The molecule has 0 saturated heterocycles. The highest BCUT2D eigenvalue weighted by Gasteiger charge is 2.30. The topological polar surface area (TPSA) is 84.7 Å². The van der Waals surface area contributed by atoms with E-state index in [1.165, 1.54) is 6.42 Å². The number of carbonyl (C=O) groups excluding carboxylic acids is 2. The number of rotatable bonds is 10. The molecule has 3 N–H and O–H groups in total. The second-order valence-electron chi connectivity index (χ2n) is 10.1. The predicted octanol–water partition coefficient (Wildman–Crippen LogP) is 4.77. The van der Waals surface area contributed by atoms with Crippen molar-refractivity contribution in [1.29, 1.82) is 0 Å². The molecule has 2 aromatic carbocycles. The van der Waals surface area contributed by atoms with Gasteiger partial charge in [0.15, 0.2) is 0 Å². The Bertz CT molecular complexity index is 950. The number of methoxy groups -OCH3 is 1. The highest BCUT2D eigenvalue weighted by atomic mass is 16.5. The second kappa shape index (κ2) is 12.0. The van der Waals surface area contributed by atoms with Crippen LogP contribution in [0.4, 0.5) is 5.69 Å². The van der Waals surface area contributed by atoms with Crippen molar-refractivity contribution in [3.63, 3.8) is 0 Å². The van der Waals surface area contributed by atoms with Gasteiger partial charge in [0.05, 0.1) is 13.5 Å². The number of hydrogen-bond acceptors (Lipinski definition) is 4. The number of hydrogen-bond donors (Lipinski definition) is 2. The molecule has 0 aromatic heterocycles. The first kappa shape index (κ1) is 25.8. The van der Waals surface area contributed by atoms with E-state index in [0.717, 1.165) is 48.2 Å². The van der Waals surface area contributed by atoms with Crippen LogP contribution in [0.5, 0.6) is 5.75 Å². The lowest BCUT2D eigenvalue weighted by molar-refractivity contribution is -0.138. The Balaban J connectivity index is 1.74. The van der Waals surface area contributed by atoms with Gasteiger partial charge in [-0.25, -0.2) is 0 Å². The molecule has 0 bridgehead atoms. The van der Waals surface area contributed by atoms with E-state index < -0.39 is 0 Å². The predicted molar refractivity (Wildman–Crippen MR) is 137 cm³/mol. The number of carbonyl (C=O) groups is 2. The molecule has 0 spiro atoms. The summed E-state index contributed by atoms with van der Waals surface area (Å²) in [6, 6.07) is 15.2. The number of nitrogens with one attached hydrogen (secondary N) is 1. The van der Waals surface area contributed by atoms with Gasteiger partial charge in [0.1, 0.15) is 5.75 Å². The molecule has 0 heterocycles. The van der Waals surface area contributed by atoms with Gasteiger partial charge in [0.25, 0.3) is 0 Å². The second-order valence-corrected chi connectivity index (χ2v) is 10.1. The van der Waals surface area contributed by atoms with Crippen LogP contribution in [0.2, 0.25) is 0 Å². The largest absolute Gasteiger partial charge is 0.497 e. The minimum absolute atomic E-state index is 0.0825. The van der Waals surface area contributed by atoms with Crippen LogP contribution in [-0.2, 0) is 22.6 Å². The SMILES string of the molecule is COc1ccc(CC(=O)Nc2ccccc2CN(CC(C)(C)CN)C(=O)C2CCCCC2)cc1. The summed E-state index contributed by atoms with van der Waals surface area (Å²) in [5.41, 5.74) is 8.42. The van der Waals surface area contributed by atoms with Crippen molar-refractivity contribution < 1.29 is 14.3 Å². The Kier molecular flexibility index (Phi) is 9.11. The molecule has 1 aliphatic rings. The van der Waals surface area contributed by atoms with Gasteiger partial charge in [0.2, 0.25) is 11.8 Å². The molecule has 1 aliphatic carbocycles. The van der Waals surface area contributed by atoms with Gasteiger partial charge >= 0.3 is 0 Å². The summed E-state index contributed by atoms with van der Waals surface area (Å²) in [5.74, 6) is 0.961. The number of anilines is 1. The van der Waals surface area contributed by atoms with Gasteiger partial charge in [-0.15, -0.1) is 0 Å². The van der Waals surface area contributed by atoms with E-state index in [4.69, 9.17) is 10.5 Å². The van der Waals surface area contributed by atoms with Crippen molar-refractivity contribution >= 4 is 17.5 Å². The summed E-state index contributed by atoms with van der Waals surface area (Å²) < 4.78 is 5.19. The Morgan fingerprint density at radius 1 is 1.06 bits per heavy atom. The molecule has 2 amide bonds. The van der Waals surface area contributed by atoms with Crippen molar-refractivity contribution in [3.05, 3.63) is 59.7 Å². The van der Waals surface area contributed by atoms with Crippen LogP contribution in [-0.4, -0.2) is 36.9 Å². The van der Waals surface area contributed by atoms with E-state index in [2.05, 4.69) is 19.2 Å². The Morgan fingerprint density at radius 2 is 1.74 bits per heavy atom. The molecule has 0 aliphatic heterocycles. The monoisotopic (exact) mass is 465 g/mol. The average molecular weight is 466 g/mol. The zero-order valence-electron chi connectivity index (χ0n) is 20.8. The van der Waals surface area contributed by atoms with Gasteiger partial charge in [0, 0.05) is 24.7 Å². The fourth-order valence-corrected chi connectivity index (χ4v) is 4.51. The van der Waals surface area contributed by atoms with E-state index in [1.807, 2.05) is 53.4 Å². The standard InChI is InChI=1S/C28H39N3O3/c1-28(2,19-29)20-31(27(33)22-9-5-4-6-10-22)18-23-11-7-8-12-25(23)30-26(32)17-21-13-15-24(34-3)16-14-21/h7-8,11-16,22H,4-6,9-10,17-20,29H2,1-3H3,(H,30,32). The van der Waals surface area contributed by atoms with Gasteiger partial charge in [-0.2, -0.15) is 0 Å². The van der Waals surface area contributed by atoms with E-state index in [9.17, 15) is 9.59 Å². The molecule has 1 saturated carbocycles. The van der Waals surface area contributed by atoms with Gasteiger partial charge in [-0.1, -0.05) is 63.4 Å². The summed E-state index contributed by atoms with van der Waals surface area (Å²) in [6.45, 7) is 5.74. The lowest BCUT2D eigenvalue weighted by Crippen LogP contribution is -2.44. The van der Waals surface area contributed by atoms with Crippen LogP contribution in [0.25, 0.3) is 0 Å². The summed E-state index contributed by atoms with van der Waals surface area (Å²) in [5, 5.41) is 3.06. The van der Waals surface area contributed by atoms with E-state index in [0.29, 0.717) is 19.6 Å². The summed E-state index contributed by atoms with van der Waals surface area (Å²) >= 11 is 0. The van der Waals surface area contributed by atoms with Gasteiger partial charge in [-0.05, 0) is 54.1 Å². The number of benzene rings is 2. The highest BCUT2D eigenvalue weighted by molar-refractivity contribution is 5.93. The maximum Gasteiger partial charge on any atom is 0.228 e. The molecule has 6 heteroatoms. The zero-order chi connectivity index (χ0) is 24.6. The summed E-state index contributed by atoms with van der Waals surface area (Å²) in [7, 11) is 1.62. The van der Waals surface area contributed by atoms with E-state index >= 15 is 0 Å². The van der Waals surface area contributed by atoms with Crippen molar-refractivity contribution in [2.75, 3.05) is 25.5 Å². The Labute approximate surface area is 203 Å². The number of nitrogens with two attached hydrogens (primary N) is 1. The van der Waals surface area contributed by atoms with Crippen LogP contribution in [0, 0.1) is 11.3 Å². The van der Waals surface area contributed by atoms with Crippen LogP contribution < -0.4 is 15.8 Å². The quantitative estimate of drug-likeness (QED) is 0.529. The Hall–Kier alpha value is -2.86. The molecule has 0 unspecified atom stereocenters.